The molecular weight excluding hydrogens is 386 g/mol. The van der Waals surface area contributed by atoms with E-state index in [0.717, 1.165) is 16.1 Å². The van der Waals surface area contributed by atoms with E-state index in [2.05, 4.69) is 0 Å². The van der Waals surface area contributed by atoms with Crippen LogP contribution in [0.3, 0.4) is 0 Å². The molecule has 1 aliphatic rings. The zero-order valence-corrected chi connectivity index (χ0v) is 17.1. The fourth-order valence-electron chi connectivity index (χ4n) is 3.54. The van der Waals surface area contributed by atoms with E-state index in [-0.39, 0.29) is 5.91 Å². The summed E-state index contributed by atoms with van der Waals surface area (Å²) in [5.41, 5.74) is 0.792. The average molecular weight is 407 g/mol. The van der Waals surface area contributed by atoms with Gasteiger partial charge in [-0.2, -0.15) is 0 Å². The van der Waals surface area contributed by atoms with Crippen molar-refractivity contribution in [3.05, 3.63) is 82.0 Å². The number of benzene rings is 2. The molecule has 0 bridgehead atoms. The fourth-order valence-corrected chi connectivity index (χ4v) is 4.23. The standard InChI is InChI=1S/C23H21NO4S/c1-23(14-16-6-3-4-8-20(16)21(25)28-23)22(26)24(15-19-7-5-13-29-19)17-9-11-18(27-2)12-10-17/h3-13H,14-15H2,1-2H3. The van der Waals surface area contributed by atoms with E-state index in [4.69, 9.17) is 9.47 Å². The number of fused-ring (bicyclic) bond motifs is 1. The molecular formula is C23H21NO4S. The molecule has 1 unspecified atom stereocenters. The van der Waals surface area contributed by atoms with Crippen LogP contribution < -0.4 is 9.64 Å². The van der Waals surface area contributed by atoms with Crippen molar-refractivity contribution in [1.29, 1.82) is 0 Å². The van der Waals surface area contributed by atoms with Gasteiger partial charge in [-0.15, -0.1) is 11.3 Å². The highest BCUT2D eigenvalue weighted by atomic mass is 32.1. The lowest BCUT2D eigenvalue weighted by Crippen LogP contribution is -2.53. The molecule has 0 saturated heterocycles. The minimum Gasteiger partial charge on any atom is -0.497 e. The molecule has 3 aromatic rings. The van der Waals surface area contributed by atoms with Crippen LogP contribution in [0.1, 0.15) is 27.7 Å². The Labute approximate surface area is 173 Å². The van der Waals surface area contributed by atoms with Crippen molar-refractivity contribution in [3.63, 3.8) is 0 Å². The van der Waals surface area contributed by atoms with Crippen LogP contribution in [0.5, 0.6) is 5.75 Å². The Balaban J connectivity index is 1.69. The van der Waals surface area contributed by atoms with Gasteiger partial charge in [0.1, 0.15) is 5.75 Å². The van der Waals surface area contributed by atoms with E-state index < -0.39 is 11.6 Å². The van der Waals surface area contributed by atoms with E-state index in [1.807, 2.05) is 53.9 Å². The van der Waals surface area contributed by atoms with E-state index >= 15 is 0 Å². The number of thiophene rings is 1. The lowest BCUT2D eigenvalue weighted by atomic mass is 9.88. The molecule has 0 radical (unpaired) electrons. The van der Waals surface area contributed by atoms with Crippen LogP contribution in [0.15, 0.2) is 66.0 Å². The van der Waals surface area contributed by atoms with Gasteiger partial charge in [-0.25, -0.2) is 4.79 Å². The number of carbonyl (C=O) groups excluding carboxylic acids is 2. The van der Waals surface area contributed by atoms with Gasteiger partial charge in [0.25, 0.3) is 5.91 Å². The van der Waals surface area contributed by atoms with Crippen LogP contribution in [0.25, 0.3) is 0 Å². The topological polar surface area (TPSA) is 55.8 Å². The number of nitrogens with zero attached hydrogens (tertiary/aromatic N) is 1. The van der Waals surface area contributed by atoms with Crippen molar-refractivity contribution >= 4 is 28.9 Å². The lowest BCUT2D eigenvalue weighted by Gasteiger charge is -2.37. The van der Waals surface area contributed by atoms with Crippen molar-refractivity contribution < 1.29 is 19.1 Å². The molecule has 2 aromatic carbocycles. The Hall–Kier alpha value is -3.12. The predicted octanol–water partition coefficient (Wildman–Crippen LogP) is 4.46. The van der Waals surface area contributed by atoms with Gasteiger partial charge in [0.05, 0.1) is 19.2 Å². The first kappa shape index (κ1) is 19.2. The summed E-state index contributed by atoms with van der Waals surface area (Å²) < 4.78 is 10.9. The van der Waals surface area contributed by atoms with E-state index in [1.165, 1.54) is 0 Å². The summed E-state index contributed by atoms with van der Waals surface area (Å²) in [6.45, 7) is 2.09. The molecule has 4 rings (SSSR count). The number of anilines is 1. The minimum atomic E-state index is -1.28. The molecule has 148 valence electrons. The van der Waals surface area contributed by atoms with Crippen LogP contribution in [0.2, 0.25) is 0 Å². The van der Waals surface area contributed by atoms with E-state index in [1.54, 1.807) is 42.4 Å². The zero-order valence-electron chi connectivity index (χ0n) is 16.3. The summed E-state index contributed by atoms with van der Waals surface area (Å²) >= 11 is 1.58. The number of esters is 1. The maximum atomic E-state index is 13.7. The Morgan fingerprint density at radius 3 is 2.59 bits per heavy atom. The third-order valence-corrected chi connectivity index (χ3v) is 5.92. The van der Waals surface area contributed by atoms with E-state index in [0.29, 0.717) is 24.3 Å². The number of cyclic esters (lactones) is 1. The Bertz CT molecular complexity index is 1030. The van der Waals surface area contributed by atoms with Gasteiger partial charge in [-0.1, -0.05) is 24.3 Å². The second-order valence-electron chi connectivity index (χ2n) is 7.12. The van der Waals surface area contributed by atoms with E-state index in [9.17, 15) is 9.59 Å². The molecule has 1 atom stereocenters. The summed E-state index contributed by atoms with van der Waals surface area (Å²) in [6.07, 6.45) is 0.338. The first-order chi connectivity index (χ1) is 14.0. The maximum Gasteiger partial charge on any atom is 0.339 e. The van der Waals surface area contributed by atoms with Crippen LogP contribution in [-0.4, -0.2) is 24.6 Å². The van der Waals surface area contributed by atoms with Crippen LogP contribution in [-0.2, 0) is 22.5 Å². The number of hydrogen-bond acceptors (Lipinski definition) is 5. The molecule has 2 heterocycles. The van der Waals surface area contributed by atoms with Gasteiger partial charge in [-0.3, -0.25) is 4.79 Å². The van der Waals surface area contributed by atoms with Crippen molar-refractivity contribution in [1.82, 2.24) is 0 Å². The van der Waals surface area contributed by atoms with Crippen LogP contribution >= 0.6 is 11.3 Å². The first-order valence-corrected chi connectivity index (χ1v) is 10.2. The molecule has 0 fully saturated rings. The van der Waals surface area contributed by atoms with Gasteiger partial charge in [0, 0.05) is 17.0 Å². The smallest absolute Gasteiger partial charge is 0.339 e. The van der Waals surface area contributed by atoms with Gasteiger partial charge < -0.3 is 14.4 Å². The van der Waals surface area contributed by atoms with Gasteiger partial charge >= 0.3 is 5.97 Å². The molecule has 5 nitrogen and oxygen atoms in total. The largest absolute Gasteiger partial charge is 0.497 e. The summed E-state index contributed by atoms with van der Waals surface area (Å²) in [6, 6.07) is 18.5. The number of hydrogen-bond donors (Lipinski definition) is 0. The summed E-state index contributed by atoms with van der Waals surface area (Å²) in [4.78, 5) is 29.0. The summed E-state index contributed by atoms with van der Waals surface area (Å²) in [7, 11) is 1.60. The normalized spacial score (nSPS) is 17.9. The SMILES string of the molecule is COc1ccc(N(Cc2cccs2)C(=O)C2(C)Cc3ccccc3C(=O)O2)cc1. The van der Waals surface area contributed by atoms with Crippen LogP contribution in [0.4, 0.5) is 5.69 Å². The van der Waals surface area contributed by atoms with Crippen molar-refractivity contribution in [2.24, 2.45) is 0 Å². The highest BCUT2D eigenvalue weighted by Crippen LogP contribution is 2.33. The molecule has 29 heavy (non-hydrogen) atoms. The Morgan fingerprint density at radius 2 is 1.90 bits per heavy atom. The molecule has 1 aliphatic heterocycles. The van der Waals surface area contributed by atoms with Crippen molar-refractivity contribution in [2.75, 3.05) is 12.0 Å². The number of methoxy groups -OCH3 is 1. The first-order valence-electron chi connectivity index (χ1n) is 9.30. The zero-order chi connectivity index (χ0) is 20.4. The fraction of sp³-hybridized carbons (Fsp3) is 0.217. The van der Waals surface area contributed by atoms with Gasteiger partial charge in [0.15, 0.2) is 5.60 Å². The third kappa shape index (κ3) is 3.76. The molecule has 0 spiro atoms. The lowest BCUT2D eigenvalue weighted by molar-refractivity contribution is -0.137. The highest BCUT2D eigenvalue weighted by Gasteiger charge is 2.45. The summed E-state index contributed by atoms with van der Waals surface area (Å²) in [5.74, 6) is -0.00562. The maximum absolute atomic E-state index is 13.7. The molecule has 6 heteroatoms. The van der Waals surface area contributed by atoms with Crippen molar-refractivity contribution in [2.45, 2.75) is 25.5 Å². The second kappa shape index (κ2) is 7.72. The Morgan fingerprint density at radius 1 is 1.14 bits per heavy atom. The number of amides is 1. The monoisotopic (exact) mass is 407 g/mol. The molecule has 0 saturated carbocycles. The third-order valence-electron chi connectivity index (χ3n) is 5.06. The van der Waals surface area contributed by atoms with Crippen LogP contribution in [0, 0.1) is 0 Å². The summed E-state index contributed by atoms with van der Waals surface area (Å²) in [5, 5.41) is 1.98. The second-order valence-corrected chi connectivity index (χ2v) is 8.16. The predicted molar refractivity (Wildman–Crippen MR) is 112 cm³/mol. The van der Waals surface area contributed by atoms with Gasteiger partial charge in [0.2, 0.25) is 0 Å². The van der Waals surface area contributed by atoms with Gasteiger partial charge in [-0.05, 0) is 54.3 Å². The Kier molecular flexibility index (Phi) is 5.11. The quantitative estimate of drug-likeness (QED) is 0.586. The molecule has 0 aliphatic carbocycles. The highest BCUT2D eigenvalue weighted by molar-refractivity contribution is 7.09. The average Bonchev–Trinajstić information content (AvgIpc) is 3.25. The van der Waals surface area contributed by atoms with Crippen molar-refractivity contribution in [3.8, 4) is 5.75 Å². The molecule has 1 aromatic heterocycles. The molecule has 0 N–H and O–H groups in total. The minimum absolute atomic E-state index is 0.251. The number of carbonyl (C=O) groups is 2. The molecule has 1 amide bonds. The number of ether oxygens (including phenoxy) is 2. The number of rotatable bonds is 5.